The minimum atomic E-state index is -0.379. The third-order valence-corrected chi connectivity index (χ3v) is 4.85. The van der Waals surface area contributed by atoms with Gasteiger partial charge in [-0.1, -0.05) is 25.0 Å². The van der Waals surface area contributed by atoms with Gasteiger partial charge in [0.2, 0.25) is 0 Å². The molecule has 132 valence electrons. The highest BCUT2D eigenvalue weighted by Crippen LogP contribution is 2.39. The molecule has 0 saturated heterocycles. The number of carbonyl (C=O) groups is 1. The highest BCUT2D eigenvalue weighted by molar-refractivity contribution is 5.78. The van der Waals surface area contributed by atoms with E-state index in [4.69, 9.17) is 10.3 Å². The summed E-state index contributed by atoms with van der Waals surface area (Å²) in [6.07, 6.45) is 2.23. The summed E-state index contributed by atoms with van der Waals surface area (Å²) in [5.74, 6) is -0.800. The van der Waals surface area contributed by atoms with Gasteiger partial charge in [0.15, 0.2) is 5.95 Å². The Hall–Kier alpha value is -2.53. The SMILES string of the molecule is CCCOC(=O)Cc1c2c(n3c(F)cccc13)C(C)C(N=[N+]=[N-])CC2. The molecule has 25 heavy (non-hydrogen) atoms. The second kappa shape index (κ2) is 7.15. The number of azide groups is 1. The fourth-order valence-corrected chi connectivity index (χ4v) is 3.72. The van der Waals surface area contributed by atoms with E-state index in [0.717, 1.165) is 23.2 Å². The molecule has 0 N–H and O–H groups in total. The molecule has 3 rings (SSSR count). The van der Waals surface area contributed by atoms with E-state index in [1.165, 1.54) is 6.07 Å². The minimum absolute atomic E-state index is 0.121. The van der Waals surface area contributed by atoms with Gasteiger partial charge in [-0.15, -0.1) is 0 Å². The van der Waals surface area contributed by atoms with E-state index >= 15 is 0 Å². The van der Waals surface area contributed by atoms with Crippen LogP contribution in [0.5, 0.6) is 0 Å². The standard InChI is InChI=1S/C18H21FN4O2/c1-3-9-25-17(24)10-13-12-7-8-14(21-22-20)11(2)18(12)23-15(13)5-4-6-16(23)19/h4-6,11,14H,3,7-10H2,1-2H3. The highest BCUT2D eigenvalue weighted by atomic mass is 19.1. The van der Waals surface area contributed by atoms with Crippen molar-refractivity contribution < 1.29 is 13.9 Å². The lowest BCUT2D eigenvalue weighted by atomic mass is 9.83. The molecule has 2 heterocycles. The third-order valence-electron chi connectivity index (χ3n) is 4.85. The number of nitrogens with zero attached hydrogens (tertiary/aromatic N) is 4. The van der Waals surface area contributed by atoms with Crippen molar-refractivity contribution in [3.63, 3.8) is 0 Å². The van der Waals surface area contributed by atoms with Gasteiger partial charge >= 0.3 is 5.97 Å². The van der Waals surface area contributed by atoms with Gasteiger partial charge in [-0.3, -0.25) is 9.20 Å². The maximum Gasteiger partial charge on any atom is 0.310 e. The Labute approximate surface area is 145 Å². The quantitative estimate of drug-likeness (QED) is 0.266. The van der Waals surface area contributed by atoms with Crippen molar-refractivity contribution in [2.75, 3.05) is 6.61 Å². The van der Waals surface area contributed by atoms with Crippen molar-refractivity contribution in [3.05, 3.63) is 51.4 Å². The van der Waals surface area contributed by atoms with E-state index < -0.39 is 0 Å². The molecular weight excluding hydrogens is 323 g/mol. The number of carbonyl (C=O) groups excluding carboxylic acids is 1. The molecule has 1 aliphatic rings. The van der Waals surface area contributed by atoms with Crippen LogP contribution in [-0.2, 0) is 22.4 Å². The van der Waals surface area contributed by atoms with Gasteiger partial charge in [0.25, 0.3) is 0 Å². The van der Waals surface area contributed by atoms with Crippen LogP contribution in [0.25, 0.3) is 16.0 Å². The Morgan fingerprint density at radius 3 is 3.04 bits per heavy atom. The van der Waals surface area contributed by atoms with Crippen molar-refractivity contribution in [3.8, 4) is 0 Å². The number of rotatable bonds is 5. The molecular formula is C18H21FN4O2. The zero-order chi connectivity index (χ0) is 18.0. The summed E-state index contributed by atoms with van der Waals surface area (Å²) in [5, 5.41) is 3.86. The topological polar surface area (TPSA) is 79.5 Å². The third kappa shape index (κ3) is 3.07. The van der Waals surface area contributed by atoms with Crippen LogP contribution < -0.4 is 0 Å². The number of aromatic nitrogens is 1. The molecule has 0 radical (unpaired) electrons. The zero-order valence-electron chi connectivity index (χ0n) is 14.4. The largest absolute Gasteiger partial charge is 0.465 e. The number of ether oxygens (including phenoxy) is 1. The number of pyridine rings is 1. The summed E-state index contributed by atoms with van der Waals surface area (Å²) in [6, 6.07) is 4.65. The molecule has 2 unspecified atom stereocenters. The van der Waals surface area contributed by atoms with E-state index in [2.05, 4.69) is 10.0 Å². The Morgan fingerprint density at radius 1 is 1.52 bits per heavy atom. The van der Waals surface area contributed by atoms with E-state index in [9.17, 15) is 9.18 Å². The number of fused-ring (bicyclic) bond motifs is 3. The Kier molecular flexibility index (Phi) is 4.95. The van der Waals surface area contributed by atoms with Crippen LogP contribution in [0.15, 0.2) is 23.3 Å². The molecule has 1 aliphatic carbocycles. The average molecular weight is 344 g/mol. The average Bonchev–Trinajstić information content (AvgIpc) is 2.91. The lowest BCUT2D eigenvalue weighted by Gasteiger charge is -2.26. The first-order valence-corrected chi connectivity index (χ1v) is 8.58. The zero-order valence-corrected chi connectivity index (χ0v) is 14.4. The van der Waals surface area contributed by atoms with Gasteiger partial charge in [0.05, 0.1) is 18.5 Å². The number of hydrogen-bond donors (Lipinski definition) is 0. The van der Waals surface area contributed by atoms with Gasteiger partial charge in [-0.25, -0.2) is 0 Å². The molecule has 0 spiro atoms. The van der Waals surface area contributed by atoms with E-state index in [0.29, 0.717) is 25.0 Å². The monoisotopic (exact) mass is 344 g/mol. The molecule has 2 aromatic rings. The van der Waals surface area contributed by atoms with Gasteiger partial charge in [0, 0.05) is 22.6 Å². The van der Waals surface area contributed by atoms with Gasteiger partial charge in [-0.2, -0.15) is 4.39 Å². The number of halogens is 1. The van der Waals surface area contributed by atoms with Crippen LogP contribution in [-0.4, -0.2) is 23.0 Å². The van der Waals surface area contributed by atoms with Crippen LogP contribution >= 0.6 is 0 Å². The smallest absolute Gasteiger partial charge is 0.310 e. The molecule has 0 aliphatic heterocycles. The highest BCUT2D eigenvalue weighted by Gasteiger charge is 2.32. The summed E-state index contributed by atoms with van der Waals surface area (Å²) < 4.78 is 21.3. The van der Waals surface area contributed by atoms with E-state index in [1.54, 1.807) is 10.5 Å². The van der Waals surface area contributed by atoms with Crippen molar-refractivity contribution in [2.24, 2.45) is 5.11 Å². The molecule has 0 saturated carbocycles. The first-order valence-electron chi connectivity index (χ1n) is 8.58. The van der Waals surface area contributed by atoms with Crippen LogP contribution in [0.3, 0.4) is 0 Å². The van der Waals surface area contributed by atoms with Crippen molar-refractivity contribution in [1.29, 1.82) is 0 Å². The molecule has 2 atom stereocenters. The fraction of sp³-hybridized carbons (Fsp3) is 0.500. The predicted octanol–water partition coefficient (Wildman–Crippen LogP) is 4.30. The predicted molar refractivity (Wildman–Crippen MR) is 92.0 cm³/mol. The first kappa shape index (κ1) is 17.3. The molecule has 6 nitrogen and oxygen atoms in total. The number of esters is 1. The van der Waals surface area contributed by atoms with Crippen molar-refractivity contribution >= 4 is 11.5 Å². The maximum absolute atomic E-state index is 14.6. The van der Waals surface area contributed by atoms with E-state index in [-0.39, 0.29) is 30.3 Å². The summed E-state index contributed by atoms with van der Waals surface area (Å²) >= 11 is 0. The normalized spacial score (nSPS) is 19.3. The Bertz CT molecular complexity index is 854. The van der Waals surface area contributed by atoms with Gasteiger partial charge in [-0.05, 0) is 48.1 Å². The Balaban J connectivity index is 2.11. The molecule has 7 heteroatoms. The molecule has 0 amide bonds. The van der Waals surface area contributed by atoms with E-state index in [1.807, 2.05) is 19.9 Å². The lowest BCUT2D eigenvalue weighted by molar-refractivity contribution is -0.142. The maximum atomic E-state index is 14.6. The summed E-state index contributed by atoms with van der Waals surface area (Å²) in [7, 11) is 0. The summed E-state index contributed by atoms with van der Waals surface area (Å²) in [4.78, 5) is 15.1. The minimum Gasteiger partial charge on any atom is -0.465 e. The first-order chi connectivity index (χ1) is 12.1. The molecule has 0 fully saturated rings. The van der Waals surface area contributed by atoms with Crippen LogP contribution in [0.2, 0.25) is 0 Å². The lowest BCUT2D eigenvalue weighted by Crippen LogP contribution is -2.23. The van der Waals surface area contributed by atoms with Gasteiger partial charge < -0.3 is 4.74 Å². The molecule has 0 bridgehead atoms. The van der Waals surface area contributed by atoms with Crippen molar-refractivity contribution in [1.82, 2.24) is 4.40 Å². The molecule has 0 aromatic carbocycles. The molecule has 2 aromatic heterocycles. The Morgan fingerprint density at radius 2 is 2.32 bits per heavy atom. The van der Waals surface area contributed by atoms with Crippen LogP contribution in [0.4, 0.5) is 4.39 Å². The second-order valence-electron chi connectivity index (χ2n) is 6.41. The second-order valence-corrected chi connectivity index (χ2v) is 6.41. The summed E-state index contributed by atoms with van der Waals surface area (Å²) in [6.45, 7) is 4.27. The summed E-state index contributed by atoms with van der Waals surface area (Å²) in [5.41, 5.74) is 12.1. The van der Waals surface area contributed by atoms with Crippen molar-refractivity contribution in [2.45, 2.75) is 51.5 Å². The fourth-order valence-electron chi connectivity index (χ4n) is 3.72. The van der Waals surface area contributed by atoms with Gasteiger partial charge in [0.1, 0.15) is 0 Å². The van der Waals surface area contributed by atoms with Crippen LogP contribution in [0.1, 0.15) is 49.4 Å². The van der Waals surface area contributed by atoms with Crippen LogP contribution in [0, 0.1) is 5.95 Å². The number of hydrogen-bond acceptors (Lipinski definition) is 3.